The smallest absolute Gasteiger partial charge is 0.410 e. The van der Waals surface area contributed by atoms with Crippen LogP contribution in [-0.4, -0.2) is 29.3 Å². The zero-order chi connectivity index (χ0) is 9.78. The molecular formula is C7H13NO4. The number of carbonyl (C=O) groups is 2. The van der Waals surface area contributed by atoms with E-state index in [0.29, 0.717) is 0 Å². The molecule has 0 bridgehead atoms. The molecule has 0 saturated carbocycles. The van der Waals surface area contributed by atoms with Gasteiger partial charge >= 0.3 is 6.09 Å². The molecule has 12 heavy (non-hydrogen) atoms. The second-order valence-electron chi connectivity index (χ2n) is 3.23. The highest BCUT2D eigenvalue weighted by molar-refractivity contribution is 5.72. The lowest BCUT2D eigenvalue weighted by Gasteiger charge is -2.19. The van der Waals surface area contributed by atoms with Gasteiger partial charge in [-0.3, -0.25) is 10.1 Å². The van der Waals surface area contributed by atoms with Gasteiger partial charge in [0.1, 0.15) is 5.60 Å². The molecule has 0 aliphatic rings. The molecule has 0 fully saturated rings. The topological polar surface area (TPSA) is 75.6 Å². The quantitative estimate of drug-likeness (QED) is 0.458. The Hall–Kier alpha value is -1.10. The van der Waals surface area contributed by atoms with Crippen molar-refractivity contribution in [2.24, 2.45) is 0 Å². The molecule has 1 amide bonds. The Kier molecular flexibility index (Phi) is 3.69. The molecular weight excluding hydrogens is 162 g/mol. The molecule has 0 aromatic rings. The molecule has 70 valence electrons. The Balaban J connectivity index is 3.82. The summed E-state index contributed by atoms with van der Waals surface area (Å²) in [5.74, 6) is 0. The largest absolute Gasteiger partial charge is 0.444 e. The van der Waals surface area contributed by atoms with Gasteiger partial charge in [-0.15, -0.1) is 0 Å². The highest BCUT2D eigenvalue weighted by Crippen LogP contribution is 2.06. The number of carbonyl (C=O) groups excluding carboxylic acids is 2. The van der Waals surface area contributed by atoms with Crippen LogP contribution in [0, 0.1) is 0 Å². The lowest BCUT2D eigenvalue weighted by atomic mass is 10.2. The van der Waals surface area contributed by atoms with Crippen LogP contribution in [0.25, 0.3) is 0 Å². The number of hydrogen-bond acceptors (Lipinski definition) is 4. The van der Waals surface area contributed by atoms with Gasteiger partial charge in [-0.25, -0.2) is 4.79 Å². The summed E-state index contributed by atoms with van der Waals surface area (Å²) in [6, 6.07) is 0. The highest BCUT2D eigenvalue weighted by Gasteiger charge is 2.17. The standard InChI is InChI=1S/C7H13NO4/c1-7(2,3)12-6(11)8-5(10)4-9/h4-5,10H,1-3H3,(H,8,11)/t5-/m0/s1. The third kappa shape index (κ3) is 5.67. The number of aliphatic hydroxyl groups excluding tert-OH is 1. The Morgan fingerprint density at radius 3 is 2.42 bits per heavy atom. The van der Waals surface area contributed by atoms with Crippen LogP contribution in [0.3, 0.4) is 0 Å². The van der Waals surface area contributed by atoms with Gasteiger partial charge in [-0.1, -0.05) is 0 Å². The zero-order valence-corrected chi connectivity index (χ0v) is 7.33. The normalized spacial score (nSPS) is 13.3. The van der Waals surface area contributed by atoms with E-state index in [-0.39, 0.29) is 6.29 Å². The molecule has 0 aliphatic heterocycles. The minimum atomic E-state index is -1.50. The molecule has 2 N–H and O–H groups in total. The second kappa shape index (κ2) is 4.06. The first-order chi connectivity index (χ1) is 5.35. The van der Waals surface area contributed by atoms with Crippen molar-refractivity contribution in [1.29, 1.82) is 0 Å². The van der Waals surface area contributed by atoms with Crippen LogP contribution in [0.15, 0.2) is 0 Å². The van der Waals surface area contributed by atoms with Gasteiger partial charge in [0.2, 0.25) is 0 Å². The molecule has 0 aromatic carbocycles. The fourth-order valence-corrected chi connectivity index (χ4v) is 0.462. The second-order valence-corrected chi connectivity index (χ2v) is 3.23. The number of alkyl carbamates (subject to hydrolysis) is 1. The summed E-state index contributed by atoms with van der Waals surface area (Å²) in [5.41, 5.74) is -0.632. The maximum atomic E-state index is 10.8. The summed E-state index contributed by atoms with van der Waals surface area (Å²) in [4.78, 5) is 20.7. The first-order valence-corrected chi connectivity index (χ1v) is 3.48. The molecule has 0 aliphatic carbocycles. The summed E-state index contributed by atoms with van der Waals surface area (Å²) in [5, 5.41) is 10.6. The lowest BCUT2D eigenvalue weighted by Crippen LogP contribution is -2.39. The van der Waals surface area contributed by atoms with Crippen LogP contribution in [-0.2, 0) is 9.53 Å². The maximum absolute atomic E-state index is 10.8. The molecule has 0 heterocycles. The number of ether oxygens (including phenoxy) is 1. The zero-order valence-electron chi connectivity index (χ0n) is 7.33. The molecule has 0 saturated heterocycles. The van der Waals surface area contributed by atoms with E-state index >= 15 is 0 Å². The molecule has 0 aromatic heterocycles. The van der Waals surface area contributed by atoms with Crippen LogP contribution < -0.4 is 5.32 Å². The molecule has 0 spiro atoms. The molecule has 5 nitrogen and oxygen atoms in total. The highest BCUT2D eigenvalue weighted by atomic mass is 16.6. The van der Waals surface area contributed by atoms with Crippen molar-refractivity contribution in [2.45, 2.75) is 32.6 Å². The number of rotatable bonds is 2. The van der Waals surface area contributed by atoms with Crippen molar-refractivity contribution >= 4 is 12.4 Å². The van der Waals surface area contributed by atoms with Gasteiger partial charge in [-0.05, 0) is 20.8 Å². The average molecular weight is 175 g/mol. The number of hydrogen-bond donors (Lipinski definition) is 2. The third-order valence-electron chi connectivity index (χ3n) is 0.794. The predicted molar refractivity (Wildman–Crippen MR) is 41.4 cm³/mol. The van der Waals surface area contributed by atoms with Gasteiger partial charge in [0, 0.05) is 0 Å². The minimum absolute atomic E-state index is 0.198. The first kappa shape index (κ1) is 10.9. The van der Waals surface area contributed by atoms with E-state index in [1.54, 1.807) is 20.8 Å². The number of aliphatic hydroxyl groups is 1. The van der Waals surface area contributed by atoms with Crippen LogP contribution in [0.2, 0.25) is 0 Å². The molecule has 5 heteroatoms. The van der Waals surface area contributed by atoms with Crippen LogP contribution in [0.5, 0.6) is 0 Å². The van der Waals surface area contributed by atoms with Gasteiger partial charge in [0.05, 0.1) is 0 Å². The van der Waals surface area contributed by atoms with Crippen LogP contribution in [0.4, 0.5) is 4.79 Å². The maximum Gasteiger partial charge on any atom is 0.410 e. The monoisotopic (exact) mass is 175 g/mol. The number of nitrogens with one attached hydrogen (secondary N) is 1. The van der Waals surface area contributed by atoms with Gasteiger partial charge in [0.15, 0.2) is 12.5 Å². The van der Waals surface area contributed by atoms with E-state index in [0.717, 1.165) is 0 Å². The first-order valence-electron chi connectivity index (χ1n) is 3.48. The van der Waals surface area contributed by atoms with Gasteiger partial charge < -0.3 is 9.84 Å². The Labute approximate surface area is 70.7 Å². The van der Waals surface area contributed by atoms with Crippen molar-refractivity contribution in [3.05, 3.63) is 0 Å². The SMILES string of the molecule is CC(C)(C)OC(=O)N[C@@H](O)C=O. The van der Waals surface area contributed by atoms with E-state index < -0.39 is 17.9 Å². The third-order valence-corrected chi connectivity index (χ3v) is 0.794. The summed E-state index contributed by atoms with van der Waals surface area (Å²) in [7, 11) is 0. The van der Waals surface area contributed by atoms with Gasteiger partial charge in [-0.2, -0.15) is 0 Å². The summed E-state index contributed by atoms with van der Waals surface area (Å²) >= 11 is 0. The van der Waals surface area contributed by atoms with Crippen molar-refractivity contribution in [3.63, 3.8) is 0 Å². The van der Waals surface area contributed by atoms with E-state index in [4.69, 9.17) is 9.84 Å². The summed E-state index contributed by atoms with van der Waals surface area (Å²) < 4.78 is 4.74. The van der Waals surface area contributed by atoms with Crippen LogP contribution >= 0.6 is 0 Å². The van der Waals surface area contributed by atoms with E-state index in [1.807, 2.05) is 5.32 Å². The predicted octanol–water partition coefficient (Wildman–Crippen LogP) is 0.0284. The van der Waals surface area contributed by atoms with Crippen molar-refractivity contribution < 1.29 is 19.4 Å². The van der Waals surface area contributed by atoms with Crippen molar-refractivity contribution in [3.8, 4) is 0 Å². The van der Waals surface area contributed by atoms with Crippen molar-refractivity contribution in [2.75, 3.05) is 0 Å². The summed E-state index contributed by atoms with van der Waals surface area (Å²) in [6.45, 7) is 5.04. The van der Waals surface area contributed by atoms with E-state index in [2.05, 4.69) is 0 Å². The number of aldehydes is 1. The Morgan fingerprint density at radius 1 is 1.58 bits per heavy atom. The Morgan fingerprint density at radius 2 is 2.08 bits per heavy atom. The Bertz CT molecular complexity index is 173. The fraction of sp³-hybridized carbons (Fsp3) is 0.714. The minimum Gasteiger partial charge on any atom is -0.444 e. The summed E-state index contributed by atoms with van der Waals surface area (Å²) in [6.07, 6.45) is -2.12. The van der Waals surface area contributed by atoms with Gasteiger partial charge in [0.25, 0.3) is 0 Å². The lowest BCUT2D eigenvalue weighted by molar-refractivity contribution is -0.116. The number of amides is 1. The average Bonchev–Trinajstić information content (AvgIpc) is 1.82. The van der Waals surface area contributed by atoms with E-state index in [9.17, 15) is 9.59 Å². The van der Waals surface area contributed by atoms with E-state index in [1.165, 1.54) is 0 Å². The van der Waals surface area contributed by atoms with Crippen LogP contribution in [0.1, 0.15) is 20.8 Å². The molecule has 1 atom stereocenters. The van der Waals surface area contributed by atoms with Crippen molar-refractivity contribution in [1.82, 2.24) is 5.32 Å². The fourth-order valence-electron chi connectivity index (χ4n) is 0.462. The molecule has 0 radical (unpaired) electrons. The molecule has 0 rings (SSSR count). The molecule has 0 unspecified atom stereocenters.